The van der Waals surface area contributed by atoms with E-state index < -0.39 is 4.92 Å². The van der Waals surface area contributed by atoms with Gasteiger partial charge < -0.3 is 5.32 Å². The highest BCUT2D eigenvalue weighted by atomic mass is 32.2. The number of carbonyl (C=O) groups excluding carboxylic acids is 1. The van der Waals surface area contributed by atoms with Crippen molar-refractivity contribution >= 4 is 29.0 Å². The number of nitro groups is 1. The zero-order valence-corrected chi connectivity index (χ0v) is 15.0. The number of amides is 1. The molecule has 0 radical (unpaired) electrons. The molecule has 2 rings (SSSR count). The number of rotatable bonds is 5. The molecule has 0 aliphatic rings. The number of thioether (sulfide) groups is 1. The number of aryl methyl sites for hydroxylation is 4. The van der Waals surface area contributed by atoms with Crippen molar-refractivity contribution in [1.82, 2.24) is 0 Å². The molecule has 2 aromatic carbocycles. The van der Waals surface area contributed by atoms with Crippen LogP contribution < -0.4 is 5.32 Å². The molecule has 6 heteroatoms. The van der Waals surface area contributed by atoms with E-state index in [0.29, 0.717) is 17.0 Å². The maximum Gasteiger partial charge on any atom is 0.269 e. The Morgan fingerprint density at radius 1 is 1.08 bits per heavy atom. The molecule has 0 fully saturated rings. The van der Waals surface area contributed by atoms with Crippen LogP contribution in [-0.2, 0) is 4.79 Å². The Bertz CT molecular complexity index is 780. The number of non-ortho nitro benzene ring substituents is 1. The highest BCUT2D eigenvalue weighted by Crippen LogP contribution is 2.28. The Labute approximate surface area is 145 Å². The predicted octanol–water partition coefficient (Wildman–Crippen LogP) is 4.56. The molecule has 0 heterocycles. The van der Waals surface area contributed by atoms with Gasteiger partial charge in [0.25, 0.3) is 5.69 Å². The van der Waals surface area contributed by atoms with Gasteiger partial charge in [-0.15, -0.1) is 11.8 Å². The average Bonchev–Trinajstić information content (AvgIpc) is 2.48. The Hall–Kier alpha value is -2.34. The summed E-state index contributed by atoms with van der Waals surface area (Å²) in [5, 5.41) is 13.6. The van der Waals surface area contributed by atoms with Crippen molar-refractivity contribution in [2.45, 2.75) is 32.6 Å². The smallest absolute Gasteiger partial charge is 0.269 e. The summed E-state index contributed by atoms with van der Waals surface area (Å²) in [7, 11) is 0. The first-order valence-electron chi connectivity index (χ1n) is 7.53. The number of hydrogen-bond acceptors (Lipinski definition) is 4. The van der Waals surface area contributed by atoms with E-state index in [9.17, 15) is 14.9 Å². The molecule has 0 aliphatic carbocycles. The van der Waals surface area contributed by atoms with E-state index in [0.717, 1.165) is 16.0 Å². The summed E-state index contributed by atoms with van der Waals surface area (Å²) >= 11 is 1.50. The topological polar surface area (TPSA) is 72.2 Å². The van der Waals surface area contributed by atoms with E-state index in [2.05, 4.69) is 24.4 Å². The monoisotopic (exact) mass is 344 g/mol. The first-order chi connectivity index (χ1) is 11.3. The van der Waals surface area contributed by atoms with Crippen LogP contribution in [0.4, 0.5) is 11.4 Å². The summed E-state index contributed by atoms with van der Waals surface area (Å²) in [6.45, 7) is 7.88. The molecular formula is C18H20N2O3S. The first kappa shape index (κ1) is 18.0. The summed E-state index contributed by atoms with van der Waals surface area (Å²) in [5.41, 5.74) is 4.83. The van der Waals surface area contributed by atoms with E-state index in [1.165, 1.54) is 29.5 Å². The number of nitrogens with zero attached hydrogens (tertiary/aromatic N) is 1. The van der Waals surface area contributed by atoms with Crippen molar-refractivity contribution in [2.75, 3.05) is 11.1 Å². The SMILES string of the molecule is Cc1cc(C)c(SCC(=O)Nc2ccc([N+](=O)[O-])cc2C)c(C)c1. The van der Waals surface area contributed by atoms with Crippen LogP contribution in [0.15, 0.2) is 35.2 Å². The van der Waals surface area contributed by atoms with Gasteiger partial charge in [0.05, 0.1) is 10.7 Å². The number of nitro benzene ring substituents is 1. The molecule has 0 spiro atoms. The molecule has 1 N–H and O–H groups in total. The Morgan fingerprint density at radius 2 is 1.71 bits per heavy atom. The normalized spacial score (nSPS) is 10.5. The summed E-state index contributed by atoms with van der Waals surface area (Å²) in [6, 6.07) is 8.63. The van der Waals surface area contributed by atoms with E-state index >= 15 is 0 Å². The highest BCUT2D eigenvalue weighted by molar-refractivity contribution is 8.00. The third-order valence-electron chi connectivity index (χ3n) is 3.65. The lowest BCUT2D eigenvalue weighted by molar-refractivity contribution is -0.384. The van der Waals surface area contributed by atoms with Gasteiger partial charge in [0.15, 0.2) is 0 Å². The van der Waals surface area contributed by atoms with Crippen molar-refractivity contribution < 1.29 is 9.72 Å². The Balaban J connectivity index is 2.03. The van der Waals surface area contributed by atoms with Crippen molar-refractivity contribution in [1.29, 1.82) is 0 Å². The van der Waals surface area contributed by atoms with Crippen molar-refractivity contribution in [3.63, 3.8) is 0 Å². The molecular weight excluding hydrogens is 324 g/mol. The van der Waals surface area contributed by atoms with Gasteiger partial charge in [-0.3, -0.25) is 14.9 Å². The zero-order valence-electron chi connectivity index (χ0n) is 14.2. The molecule has 0 aromatic heterocycles. The maximum absolute atomic E-state index is 12.2. The number of hydrogen-bond donors (Lipinski definition) is 1. The van der Waals surface area contributed by atoms with Gasteiger partial charge in [-0.25, -0.2) is 0 Å². The van der Waals surface area contributed by atoms with Gasteiger partial charge in [-0.1, -0.05) is 17.7 Å². The molecule has 0 unspecified atom stereocenters. The molecule has 0 aliphatic heterocycles. The molecule has 24 heavy (non-hydrogen) atoms. The molecule has 1 amide bonds. The second-order valence-electron chi connectivity index (χ2n) is 5.82. The molecule has 0 saturated carbocycles. The second kappa shape index (κ2) is 7.49. The second-order valence-corrected chi connectivity index (χ2v) is 6.81. The van der Waals surface area contributed by atoms with Crippen molar-refractivity contribution in [2.24, 2.45) is 0 Å². The molecule has 0 bridgehead atoms. The number of nitrogens with one attached hydrogen (secondary N) is 1. The fraction of sp³-hybridized carbons (Fsp3) is 0.278. The lowest BCUT2D eigenvalue weighted by Crippen LogP contribution is -2.15. The minimum absolute atomic E-state index is 0.0192. The third-order valence-corrected chi connectivity index (χ3v) is 4.99. The van der Waals surface area contributed by atoms with Crippen LogP contribution in [-0.4, -0.2) is 16.6 Å². The minimum atomic E-state index is -0.447. The van der Waals surface area contributed by atoms with Gasteiger partial charge in [-0.2, -0.15) is 0 Å². The predicted molar refractivity (Wildman–Crippen MR) is 97.8 cm³/mol. The van der Waals surface area contributed by atoms with Gasteiger partial charge in [0.1, 0.15) is 0 Å². The van der Waals surface area contributed by atoms with Gasteiger partial charge in [0.2, 0.25) is 5.91 Å². The lowest BCUT2D eigenvalue weighted by Gasteiger charge is -2.12. The van der Waals surface area contributed by atoms with Crippen LogP contribution >= 0.6 is 11.8 Å². The first-order valence-corrected chi connectivity index (χ1v) is 8.52. The molecule has 126 valence electrons. The van der Waals surface area contributed by atoms with Gasteiger partial charge in [0, 0.05) is 22.7 Å². The van der Waals surface area contributed by atoms with Crippen LogP contribution in [0.25, 0.3) is 0 Å². The Morgan fingerprint density at radius 3 is 2.25 bits per heavy atom. The summed E-state index contributed by atoms with van der Waals surface area (Å²) in [6.07, 6.45) is 0. The van der Waals surface area contributed by atoms with E-state index in [4.69, 9.17) is 0 Å². The molecule has 2 aromatic rings. The lowest BCUT2D eigenvalue weighted by atomic mass is 10.1. The fourth-order valence-corrected chi connectivity index (χ4v) is 3.54. The van der Waals surface area contributed by atoms with Crippen LogP contribution in [0.3, 0.4) is 0 Å². The summed E-state index contributed by atoms with van der Waals surface area (Å²) in [4.78, 5) is 23.6. The standard InChI is InChI=1S/C18H20N2O3S/c1-11-7-13(3)18(14(4)8-11)24-10-17(21)19-16-6-5-15(20(22)23)9-12(16)2/h5-9H,10H2,1-4H3,(H,19,21). The van der Waals surface area contributed by atoms with Crippen LogP contribution in [0.2, 0.25) is 0 Å². The van der Waals surface area contributed by atoms with Crippen LogP contribution in [0.1, 0.15) is 22.3 Å². The average molecular weight is 344 g/mol. The molecule has 0 atom stereocenters. The van der Waals surface area contributed by atoms with E-state index in [1.54, 1.807) is 13.0 Å². The highest BCUT2D eigenvalue weighted by Gasteiger charge is 2.12. The van der Waals surface area contributed by atoms with Crippen LogP contribution in [0, 0.1) is 37.8 Å². The number of anilines is 1. The molecule has 5 nitrogen and oxygen atoms in total. The Kier molecular flexibility index (Phi) is 5.62. The van der Waals surface area contributed by atoms with Crippen molar-refractivity contribution in [3.05, 3.63) is 62.7 Å². The largest absolute Gasteiger partial charge is 0.325 e. The quantitative estimate of drug-likeness (QED) is 0.490. The number of benzene rings is 2. The van der Waals surface area contributed by atoms with E-state index in [-0.39, 0.29) is 11.6 Å². The minimum Gasteiger partial charge on any atom is -0.325 e. The molecule has 0 saturated heterocycles. The van der Waals surface area contributed by atoms with Crippen molar-refractivity contribution in [3.8, 4) is 0 Å². The number of carbonyl (C=O) groups is 1. The maximum atomic E-state index is 12.2. The van der Waals surface area contributed by atoms with E-state index in [1.807, 2.05) is 13.8 Å². The summed E-state index contributed by atoms with van der Waals surface area (Å²) in [5.74, 6) is 0.164. The third kappa shape index (κ3) is 4.35. The zero-order chi connectivity index (χ0) is 17.9. The van der Waals surface area contributed by atoms with Gasteiger partial charge >= 0.3 is 0 Å². The van der Waals surface area contributed by atoms with Crippen LogP contribution in [0.5, 0.6) is 0 Å². The van der Waals surface area contributed by atoms with Gasteiger partial charge in [-0.05, 0) is 50.5 Å². The summed E-state index contributed by atoms with van der Waals surface area (Å²) < 4.78 is 0. The fourth-order valence-electron chi connectivity index (χ4n) is 2.62.